The van der Waals surface area contributed by atoms with Crippen LogP contribution in [0.2, 0.25) is 5.02 Å². The lowest BCUT2D eigenvalue weighted by atomic mass is 9.48. The SMILES string of the molecule is Cc1cc(C)cc(N(c2ccc(C34CC5CC(CC(C5)C3)C4)cc2)c2cccc(N(c3ccc(C(C)(C)C)cc3)c3ccc(C(C)(C)C)cc3)c2Cl)c1. The summed E-state index contributed by atoms with van der Waals surface area (Å²) < 4.78 is 0. The molecule has 0 radical (unpaired) electrons. The number of anilines is 6. The Balaban J connectivity index is 1.24. The molecular weight excluding hydrogens is 664 g/mol. The van der Waals surface area contributed by atoms with Crippen LogP contribution in [0.15, 0.2) is 109 Å². The molecule has 4 saturated carbocycles. The first-order valence-electron chi connectivity index (χ1n) is 20.0. The highest BCUT2D eigenvalue weighted by Gasteiger charge is 2.51. The Kier molecular flexibility index (Phi) is 9.09. The minimum atomic E-state index is 0.0625. The van der Waals surface area contributed by atoms with Crippen LogP contribution in [0, 0.1) is 31.6 Å². The van der Waals surface area contributed by atoms with E-state index >= 15 is 0 Å². The van der Waals surface area contributed by atoms with E-state index in [0.717, 1.165) is 56.9 Å². The van der Waals surface area contributed by atoms with Gasteiger partial charge in [-0.2, -0.15) is 0 Å². The maximum Gasteiger partial charge on any atom is 0.0887 e. The van der Waals surface area contributed by atoms with Gasteiger partial charge in [0, 0.05) is 22.7 Å². The van der Waals surface area contributed by atoms with Gasteiger partial charge in [-0.1, -0.05) is 102 Å². The van der Waals surface area contributed by atoms with Crippen molar-refractivity contribution in [3.8, 4) is 0 Å². The van der Waals surface area contributed by atoms with Crippen LogP contribution in [-0.2, 0) is 16.2 Å². The van der Waals surface area contributed by atoms with Crippen molar-refractivity contribution >= 4 is 45.7 Å². The molecule has 5 aromatic carbocycles. The maximum absolute atomic E-state index is 7.74. The molecule has 4 aliphatic rings. The molecule has 0 amide bonds. The second kappa shape index (κ2) is 13.4. The molecule has 0 saturated heterocycles. The molecule has 0 N–H and O–H groups in total. The third-order valence-corrected chi connectivity index (χ3v) is 13.1. The van der Waals surface area contributed by atoms with E-state index in [-0.39, 0.29) is 10.8 Å². The molecule has 3 heteroatoms. The van der Waals surface area contributed by atoms with Gasteiger partial charge < -0.3 is 9.80 Å². The zero-order valence-electron chi connectivity index (χ0n) is 33.1. The molecular formula is C50H57ClN2. The third kappa shape index (κ3) is 6.93. The molecule has 53 heavy (non-hydrogen) atoms. The first-order valence-corrected chi connectivity index (χ1v) is 20.3. The molecule has 0 unspecified atom stereocenters. The fourth-order valence-corrected chi connectivity index (χ4v) is 10.7. The first-order chi connectivity index (χ1) is 25.2. The number of aryl methyl sites for hydroxylation is 2. The molecule has 4 aliphatic carbocycles. The van der Waals surface area contributed by atoms with Gasteiger partial charge in [-0.3, -0.25) is 0 Å². The zero-order chi connectivity index (χ0) is 37.3. The van der Waals surface area contributed by atoms with Crippen molar-refractivity contribution in [1.82, 2.24) is 0 Å². The van der Waals surface area contributed by atoms with Gasteiger partial charge in [0.25, 0.3) is 0 Å². The molecule has 4 fully saturated rings. The van der Waals surface area contributed by atoms with Crippen molar-refractivity contribution in [3.63, 3.8) is 0 Å². The minimum Gasteiger partial charge on any atom is -0.309 e. The molecule has 5 aromatic rings. The molecule has 0 atom stereocenters. The van der Waals surface area contributed by atoms with E-state index < -0.39 is 0 Å². The molecule has 0 aliphatic heterocycles. The highest BCUT2D eigenvalue weighted by atomic mass is 35.5. The molecule has 274 valence electrons. The van der Waals surface area contributed by atoms with E-state index in [0.29, 0.717) is 5.41 Å². The molecule has 0 spiro atoms. The zero-order valence-corrected chi connectivity index (χ0v) is 33.9. The summed E-state index contributed by atoms with van der Waals surface area (Å²) in [5.74, 6) is 2.77. The van der Waals surface area contributed by atoms with Gasteiger partial charge in [0.2, 0.25) is 0 Å². The fraction of sp³-hybridized carbons (Fsp3) is 0.400. The normalized spacial score (nSPS) is 22.2. The summed E-state index contributed by atoms with van der Waals surface area (Å²) >= 11 is 7.74. The van der Waals surface area contributed by atoms with Crippen LogP contribution in [0.25, 0.3) is 0 Å². The Bertz CT molecular complexity index is 1980. The lowest BCUT2D eigenvalue weighted by Gasteiger charge is -2.57. The van der Waals surface area contributed by atoms with Crippen LogP contribution in [0.3, 0.4) is 0 Å². The standard InChI is InChI=1S/C50H57ClN2/c1-33-24-34(2)26-44(25-33)53(43-22-16-40(17-23-43)50-30-35-27-36(31-50)29-37(28-35)32-50)46-11-9-10-45(47(46)51)52(41-18-12-38(13-19-41)48(3,4)5)42-20-14-39(15-21-42)49(6,7)8/h9-26,35-37H,27-32H2,1-8H3. The topological polar surface area (TPSA) is 6.48 Å². The minimum absolute atomic E-state index is 0.0625. The van der Waals surface area contributed by atoms with Gasteiger partial charge in [-0.15, -0.1) is 0 Å². The van der Waals surface area contributed by atoms with Crippen LogP contribution < -0.4 is 9.80 Å². The van der Waals surface area contributed by atoms with E-state index in [1.165, 1.54) is 60.8 Å². The average Bonchev–Trinajstić information content (AvgIpc) is 3.09. The van der Waals surface area contributed by atoms with Gasteiger partial charge in [0.15, 0.2) is 0 Å². The van der Waals surface area contributed by atoms with Gasteiger partial charge in [-0.25, -0.2) is 0 Å². The number of benzene rings is 5. The summed E-state index contributed by atoms with van der Waals surface area (Å²) in [7, 11) is 0. The number of hydrogen-bond acceptors (Lipinski definition) is 2. The van der Waals surface area contributed by atoms with Gasteiger partial charge in [0.1, 0.15) is 0 Å². The predicted octanol–water partition coefficient (Wildman–Crippen LogP) is 15.0. The third-order valence-electron chi connectivity index (χ3n) is 12.7. The molecule has 0 aromatic heterocycles. The lowest BCUT2D eigenvalue weighted by Crippen LogP contribution is -2.48. The smallest absolute Gasteiger partial charge is 0.0887 e. The van der Waals surface area contributed by atoms with E-state index in [9.17, 15) is 0 Å². The quantitative estimate of drug-likeness (QED) is 0.165. The van der Waals surface area contributed by atoms with Gasteiger partial charge in [-0.05, 0) is 175 Å². The second-order valence-corrected chi connectivity index (χ2v) is 19.3. The fourth-order valence-electron chi connectivity index (χ4n) is 10.4. The highest BCUT2D eigenvalue weighted by Crippen LogP contribution is 2.61. The van der Waals surface area contributed by atoms with Crippen molar-refractivity contribution < 1.29 is 0 Å². The van der Waals surface area contributed by atoms with E-state index in [4.69, 9.17) is 11.6 Å². The first kappa shape index (κ1) is 36.0. The average molecular weight is 721 g/mol. The summed E-state index contributed by atoms with van der Waals surface area (Å²) in [6.07, 6.45) is 8.50. The Hall–Kier alpha value is -4.01. The predicted molar refractivity (Wildman–Crippen MR) is 228 cm³/mol. The van der Waals surface area contributed by atoms with E-state index in [1.807, 2.05) is 0 Å². The van der Waals surface area contributed by atoms with Crippen molar-refractivity contribution in [2.75, 3.05) is 9.80 Å². The summed E-state index contributed by atoms with van der Waals surface area (Å²) in [6.45, 7) is 18.0. The summed E-state index contributed by atoms with van der Waals surface area (Å²) in [4.78, 5) is 4.69. The van der Waals surface area contributed by atoms with Crippen LogP contribution in [0.5, 0.6) is 0 Å². The van der Waals surface area contributed by atoms with Crippen LogP contribution >= 0.6 is 11.6 Å². The van der Waals surface area contributed by atoms with Crippen LogP contribution in [-0.4, -0.2) is 0 Å². The summed E-state index contributed by atoms with van der Waals surface area (Å²) in [5, 5.41) is 0.719. The molecule has 4 bridgehead atoms. The van der Waals surface area contributed by atoms with Gasteiger partial charge >= 0.3 is 0 Å². The second-order valence-electron chi connectivity index (χ2n) is 19.0. The highest BCUT2D eigenvalue weighted by molar-refractivity contribution is 6.36. The van der Waals surface area contributed by atoms with E-state index in [2.05, 4.69) is 174 Å². The lowest BCUT2D eigenvalue weighted by molar-refractivity contribution is -0.00518. The number of halogens is 1. The van der Waals surface area contributed by atoms with Crippen molar-refractivity contribution in [2.45, 2.75) is 110 Å². The largest absolute Gasteiger partial charge is 0.309 e. The molecule has 0 heterocycles. The van der Waals surface area contributed by atoms with Crippen molar-refractivity contribution in [1.29, 1.82) is 0 Å². The van der Waals surface area contributed by atoms with E-state index in [1.54, 1.807) is 5.56 Å². The molecule has 9 rings (SSSR count). The van der Waals surface area contributed by atoms with Crippen LogP contribution in [0.4, 0.5) is 34.1 Å². The Morgan fingerprint density at radius 1 is 0.509 bits per heavy atom. The van der Waals surface area contributed by atoms with Crippen molar-refractivity contribution in [3.05, 3.63) is 142 Å². The maximum atomic E-state index is 7.74. The Morgan fingerprint density at radius 2 is 0.887 bits per heavy atom. The Labute approximate surface area is 324 Å². The van der Waals surface area contributed by atoms with Crippen LogP contribution in [0.1, 0.15) is 108 Å². The van der Waals surface area contributed by atoms with Crippen molar-refractivity contribution in [2.24, 2.45) is 17.8 Å². The number of hydrogen-bond donors (Lipinski definition) is 0. The monoisotopic (exact) mass is 720 g/mol. The Morgan fingerprint density at radius 3 is 1.28 bits per heavy atom. The summed E-state index contributed by atoms with van der Waals surface area (Å²) in [5.41, 5.74) is 13.5. The van der Waals surface area contributed by atoms with Gasteiger partial charge in [0.05, 0.1) is 16.4 Å². The molecule has 2 nitrogen and oxygen atoms in total. The summed E-state index contributed by atoms with van der Waals surface area (Å²) in [6, 6.07) is 41.0. The number of rotatable bonds is 7. The number of nitrogens with zero attached hydrogens (tertiary/aromatic N) is 2.